The largest absolute Gasteiger partial charge is 0.459 e. The molecule has 7 nitrogen and oxygen atoms in total. The quantitative estimate of drug-likeness (QED) is 0.535. The predicted octanol–water partition coefficient (Wildman–Crippen LogP) is 3.54. The van der Waals surface area contributed by atoms with E-state index >= 15 is 0 Å². The molecule has 1 atom stereocenters. The minimum Gasteiger partial charge on any atom is -0.459 e. The normalized spacial score (nSPS) is 17.6. The third-order valence-electron chi connectivity index (χ3n) is 7.17. The lowest BCUT2D eigenvalue weighted by Gasteiger charge is -2.41. The fourth-order valence-corrected chi connectivity index (χ4v) is 5.13. The average molecular weight is 486 g/mol. The second kappa shape index (κ2) is 10.8. The number of rotatable bonds is 6. The Labute approximate surface area is 211 Å². The Balaban J connectivity index is 1.20. The monoisotopic (exact) mass is 485 g/mol. The number of piperazine rings is 1. The molecular weight excluding hydrogens is 454 g/mol. The van der Waals surface area contributed by atoms with Crippen LogP contribution in [0.2, 0.25) is 0 Å². The second-order valence-corrected chi connectivity index (χ2v) is 9.44. The summed E-state index contributed by atoms with van der Waals surface area (Å²) in [5.74, 6) is 0.0259. The van der Waals surface area contributed by atoms with Gasteiger partial charge in [0.05, 0.1) is 6.26 Å². The van der Waals surface area contributed by atoms with Gasteiger partial charge in [0.1, 0.15) is 6.04 Å². The number of nitrogens with zero attached hydrogens (tertiary/aromatic N) is 3. The van der Waals surface area contributed by atoms with Gasteiger partial charge < -0.3 is 19.1 Å². The lowest BCUT2D eigenvalue weighted by atomic mass is 9.92. The van der Waals surface area contributed by atoms with Gasteiger partial charge in [0, 0.05) is 45.6 Å². The Morgan fingerprint density at radius 3 is 2.22 bits per heavy atom. The van der Waals surface area contributed by atoms with Crippen molar-refractivity contribution >= 4 is 17.7 Å². The van der Waals surface area contributed by atoms with Crippen LogP contribution in [0.5, 0.6) is 0 Å². The average Bonchev–Trinajstić information content (AvgIpc) is 3.47. The van der Waals surface area contributed by atoms with Gasteiger partial charge in [-0.05, 0) is 41.7 Å². The van der Waals surface area contributed by atoms with E-state index < -0.39 is 6.04 Å². The summed E-state index contributed by atoms with van der Waals surface area (Å²) in [6.07, 6.45) is 4.15. The minimum atomic E-state index is -0.592. The van der Waals surface area contributed by atoms with E-state index in [9.17, 15) is 14.4 Å². The predicted molar refractivity (Wildman–Crippen MR) is 135 cm³/mol. The number of carbonyl (C=O) groups is 3. The molecule has 2 aromatic carbocycles. The van der Waals surface area contributed by atoms with Crippen LogP contribution in [0.1, 0.15) is 40.1 Å². The molecule has 1 saturated heterocycles. The number of aryl methyl sites for hydroxylation is 1. The lowest BCUT2D eigenvalue weighted by Crippen LogP contribution is -2.58. The third-order valence-corrected chi connectivity index (χ3v) is 7.17. The first-order valence-electron chi connectivity index (χ1n) is 12.6. The summed E-state index contributed by atoms with van der Waals surface area (Å²) in [5, 5.41) is 0. The van der Waals surface area contributed by atoms with Crippen LogP contribution in [0.3, 0.4) is 0 Å². The van der Waals surface area contributed by atoms with Gasteiger partial charge >= 0.3 is 0 Å². The molecule has 1 aromatic heterocycles. The Kier molecular flexibility index (Phi) is 7.16. The number of hydrogen-bond acceptors (Lipinski definition) is 4. The maximum absolute atomic E-state index is 13.7. The van der Waals surface area contributed by atoms with Crippen LogP contribution in [-0.4, -0.2) is 64.6 Å². The molecule has 1 unspecified atom stereocenters. The van der Waals surface area contributed by atoms with E-state index in [4.69, 9.17) is 4.42 Å². The van der Waals surface area contributed by atoms with Crippen molar-refractivity contribution in [1.29, 1.82) is 0 Å². The summed E-state index contributed by atoms with van der Waals surface area (Å²) < 4.78 is 5.35. The number of furan rings is 1. The highest BCUT2D eigenvalue weighted by molar-refractivity contribution is 5.96. The topological polar surface area (TPSA) is 74.1 Å². The van der Waals surface area contributed by atoms with Crippen molar-refractivity contribution in [2.24, 2.45) is 0 Å². The molecule has 0 saturated carbocycles. The van der Waals surface area contributed by atoms with Gasteiger partial charge in [0.15, 0.2) is 5.76 Å². The molecule has 0 radical (unpaired) electrons. The first kappa shape index (κ1) is 23.9. The molecule has 0 bridgehead atoms. The summed E-state index contributed by atoms with van der Waals surface area (Å²) in [6.45, 7) is 2.36. The molecule has 0 aliphatic carbocycles. The first-order chi connectivity index (χ1) is 17.6. The summed E-state index contributed by atoms with van der Waals surface area (Å²) in [7, 11) is 0. The van der Waals surface area contributed by atoms with E-state index in [2.05, 4.69) is 12.1 Å². The Morgan fingerprint density at radius 1 is 0.806 bits per heavy atom. The zero-order valence-electron chi connectivity index (χ0n) is 20.3. The lowest BCUT2D eigenvalue weighted by molar-refractivity contribution is -0.142. The second-order valence-electron chi connectivity index (χ2n) is 9.44. The van der Waals surface area contributed by atoms with Crippen molar-refractivity contribution in [3.8, 4) is 0 Å². The van der Waals surface area contributed by atoms with Gasteiger partial charge in [-0.15, -0.1) is 0 Å². The third kappa shape index (κ3) is 5.20. The van der Waals surface area contributed by atoms with Crippen LogP contribution < -0.4 is 0 Å². The van der Waals surface area contributed by atoms with Crippen LogP contribution in [0, 0.1) is 0 Å². The van der Waals surface area contributed by atoms with Crippen molar-refractivity contribution < 1.29 is 18.8 Å². The van der Waals surface area contributed by atoms with Gasteiger partial charge in [-0.3, -0.25) is 14.4 Å². The molecule has 1 fully saturated rings. The van der Waals surface area contributed by atoms with Crippen LogP contribution >= 0.6 is 0 Å². The van der Waals surface area contributed by atoms with Crippen LogP contribution in [0.4, 0.5) is 0 Å². The molecule has 36 heavy (non-hydrogen) atoms. The van der Waals surface area contributed by atoms with Crippen LogP contribution in [-0.2, 0) is 29.0 Å². The molecule has 3 heterocycles. The molecule has 0 N–H and O–H groups in total. The van der Waals surface area contributed by atoms with Gasteiger partial charge in [0.25, 0.3) is 5.91 Å². The summed E-state index contributed by atoms with van der Waals surface area (Å²) in [5.41, 5.74) is 3.38. The SMILES string of the molecule is O=C(CCCc1ccccc1)N1CCN(C(=O)C2Cc3ccccc3CN2C(=O)c2ccco2)CC1. The zero-order chi connectivity index (χ0) is 24.9. The van der Waals surface area contributed by atoms with E-state index in [0.29, 0.717) is 45.6 Å². The fraction of sp³-hybridized carbons (Fsp3) is 0.345. The summed E-state index contributed by atoms with van der Waals surface area (Å²) >= 11 is 0. The van der Waals surface area contributed by atoms with E-state index in [1.807, 2.05) is 47.4 Å². The molecule has 5 rings (SSSR count). The molecule has 3 aromatic rings. The number of fused-ring (bicyclic) bond motifs is 1. The van der Waals surface area contributed by atoms with Crippen LogP contribution in [0.15, 0.2) is 77.4 Å². The number of benzene rings is 2. The Hall–Kier alpha value is -3.87. The first-order valence-corrected chi connectivity index (χ1v) is 12.6. The van der Waals surface area contributed by atoms with Crippen molar-refractivity contribution in [1.82, 2.24) is 14.7 Å². The van der Waals surface area contributed by atoms with Gasteiger partial charge in [-0.1, -0.05) is 54.6 Å². The van der Waals surface area contributed by atoms with Crippen molar-refractivity contribution in [3.05, 3.63) is 95.4 Å². The number of hydrogen-bond donors (Lipinski definition) is 0. The molecule has 0 spiro atoms. The van der Waals surface area contributed by atoms with Gasteiger partial charge in [-0.2, -0.15) is 0 Å². The Morgan fingerprint density at radius 2 is 1.50 bits per heavy atom. The highest BCUT2D eigenvalue weighted by Gasteiger charge is 2.39. The highest BCUT2D eigenvalue weighted by Crippen LogP contribution is 2.27. The molecular formula is C29H31N3O4. The summed E-state index contributed by atoms with van der Waals surface area (Å²) in [6, 6.07) is 20.8. The van der Waals surface area contributed by atoms with E-state index in [1.165, 1.54) is 11.8 Å². The maximum atomic E-state index is 13.7. The van der Waals surface area contributed by atoms with Crippen molar-refractivity contribution in [2.75, 3.05) is 26.2 Å². The van der Waals surface area contributed by atoms with Crippen molar-refractivity contribution in [3.63, 3.8) is 0 Å². The number of carbonyl (C=O) groups excluding carboxylic acids is 3. The molecule has 3 amide bonds. The fourth-order valence-electron chi connectivity index (χ4n) is 5.13. The highest BCUT2D eigenvalue weighted by atomic mass is 16.3. The smallest absolute Gasteiger partial charge is 0.290 e. The maximum Gasteiger partial charge on any atom is 0.290 e. The van der Waals surface area contributed by atoms with E-state index in [0.717, 1.165) is 24.0 Å². The van der Waals surface area contributed by atoms with Crippen LogP contribution in [0.25, 0.3) is 0 Å². The van der Waals surface area contributed by atoms with E-state index in [-0.39, 0.29) is 23.5 Å². The summed E-state index contributed by atoms with van der Waals surface area (Å²) in [4.78, 5) is 44.9. The molecule has 2 aliphatic heterocycles. The number of amides is 3. The van der Waals surface area contributed by atoms with Gasteiger partial charge in [0.2, 0.25) is 11.8 Å². The minimum absolute atomic E-state index is 0.0689. The molecule has 7 heteroatoms. The van der Waals surface area contributed by atoms with Gasteiger partial charge in [-0.25, -0.2) is 0 Å². The molecule has 2 aliphatic rings. The zero-order valence-corrected chi connectivity index (χ0v) is 20.3. The van der Waals surface area contributed by atoms with E-state index in [1.54, 1.807) is 21.9 Å². The van der Waals surface area contributed by atoms with Crippen molar-refractivity contribution in [2.45, 2.75) is 38.3 Å². The molecule has 186 valence electrons. The Bertz CT molecular complexity index is 1200. The standard InChI is InChI=1S/C29H31N3O4/c33-27(14-6-10-22-8-2-1-3-9-22)30-15-17-31(18-16-30)28(34)25-20-23-11-4-5-12-24(23)21-32(25)29(35)26-13-7-19-36-26/h1-5,7-9,11-13,19,25H,6,10,14-18,20-21H2.